The molecule has 0 saturated heterocycles. The Bertz CT molecular complexity index is 2690. The van der Waals surface area contributed by atoms with E-state index in [1.807, 2.05) is 72.7 Å². The van der Waals surface area contributed by atoms with Crippen LogP contribution >= 0.6 is 0 Å². The fourth-order valence-electron chi connectivity index (χ4n) is 9.19. The van der Waals surface area contributed by atoms with Gasteiger partial charge in [-0.3, -0.25) is 15.0 Å². The molecule has 12 nitrogen and oxygen atoms in total. The topological polar surface area (TPSA) is 148 Å². The molecule has 2 aliphatic rings. The molecule has 2 aliphatic carbocycles. The third kappa shape index (κ3) is 16.4. The van der Waals surface area contributed by atoms with Crippen LogP contribution < -0.4 is 14.9 Å². The van der Waals surface area contributed by atoms with Crippen molar-refractivity contribution in [2.24, 2.45) is 16.9 Å². The monoisotopic (exact) mass is 1000 g/mol. The summed E-state index contributed by atoms with van der Waals surface area (Å²) in [6.07, 6.45) is 16.4. The summed E-state index contributed by atoms with van der Waals surface area (Å²) in [6, 6.07) is 38.7. The van der Waals surface area contributed by atoms with Crippen molar-refractivity contribution in [3.63, 3.8) is 0 Å². The lowest BCUT2D eigenvalue weighted by atomic mass is 9.82. The summed E-state index contributed by atoms with van der Waals surface area (Å²) < 4.78 is 34.0. The van der Waals surface area contributed by atoms with Crippen molar-refractivity contribution in [1.82, 2.24) is 5.43 Å². The first kappa shape index (κ1) is 54.1. The normalized spacial score (nSPS) is 14.8. The van der Waals surface area contributed by atoms with E-state index in [1.165, 1.54) is 27.8 Å². The highest BCUT2D eigenvalue weighted by Gasteiger charge is 2.32. The maximum absolute atomic E-state index is 13.3. The van der Waals surface area contributed by atoms with E-state index in [0.717, 1.165) is 72.9 Å². The minimum Gasteiger partial charge on any atom is -0.494 e. The molecule has 5 aromatic carbocycles. The van der Waals surface area contributed by atoms with Crippen LogP contribution in [0.25, 0.3) is 11.1 Å². The average Bonchev–Trinajstić information content (AvgIpc) is 3.74. The van der Waals surface area contributed by atoms with Gasteiger partial charge in [-0.2, -0.15) is 5.10 Å². The van der Waals surface area contributed by atoms with Gasteiger partial charge in [0.05, 0.1) is 57.1 Å². The van der Waals surface area contributed by atoms with Gasteiger partial charge < -0.3 is 28.4 Å². The van der Waals surface area contributed by atoms with Gasteiger partial charge >= 0.3 is 23.9 Å². The summed E-state index contributed by atoms with van der Waals surface area (Å²) in [5.74, 6) is 1.49. The summed E-state index contributed by atoms with van der Waals surface area (Å²) in [6.45, 7) is 7.42. The molecule has 386 valence electrons. The molecule has 0 heterocycles. The maximum Gasteiger partial charge on any atom is 0.384 e. The SMILES string of the molecule is C#CC(=O)OCCCCc1ccc(CCOC(=O)C2CCC(C(=O)OCCc3ccc(OCc4ccc(OCCCCCCOC(=O)C(=C)C)cc4)c(/C=N/NC4c5ccccc5-c5ccccc54)c3)CC2)cc1. The van der Waals surface area contributed by atoms with Crippen LogP contribution in [0.4, 0.5) is 0 Å². The number of unbranched alkanes of at least 4 members (excludes halogenated alkanes) is 4. The predicted molar refractivity (Wildman–Crippen MR) is 285 cm³/mol. The van der Waals surface area contributed by atoms with Crippen molar-refractivity contribution in [2.45, 2.75) is 103 Å². The van der Waals surface area contributed by atoms with Gasteiger partial charge in [0.2, 0.25) is 0 Å². The highest BCUT2D eigenvalue weighted by molar-refractivity contribution is 5.88. The number of hydrogen-bond acceptors (Lipinski definition) is 12. The Labute approximate surface area is 435 Å². The fraction of sp³-hybridized carbons (Fsp3) is 0.371. The molecule has 5 aromatic rings. The fourth-order valence-corrected chi connectivity index (χ4v) is 9.19. The van der Waals surface area contributed by atoms with Crippen LogP contribution in [0.5, 0.6) is 11.5 Å². The van der Waals surface area contributed by atoms with Crippen LogP contribution in [0.1, 0.15) is 116 Å². The Balaban J connectivity index is 0.859. The molecule has 0 radical (unpaired) electrons. The lowest BCUT2D eigenvalue weighted by Crippen LogP contribution is -2.29. The van der Waals surface area contributed by atoms with E-state index >= 15 is 0 Å². The lowest BCUT2D eigenvalue weighted by Gasteiger charge is -2.26. The standard InChI is InChI=1S/C62H68N2O10/c1-4-58(65)70-37-14-11-15-45-20-22-46(23-21-45)34-39-72-61(67)49-27-29-50(30-28-49)62(68)73-40-35-47-26-33-57(51(41-47)42-63-64-59-55-18-9-7-16-53(55)54-17-8-10-19-56(54)59)74-43-48-24-31-52(32-25-48)69-36-12-5-6-13-38-71-60(66)44(2)3/h1,7-10,16-26,31-33,41-42,49-50,59,64H,2,5-6,11-15,27-30,34-40,43H2,3H3/b63-42+. The first-order valence-electron chi connectivity index (χ1n) is 26.0. The zero-order valence-electron chi connectivity index (χ0n) is 42.5. The van der Waals surface area contributed by atoms with Crippen molar-refractivity contribution in [1.29, 1.82) is 0 Å². The molecular formula is C62H68N2O10. The zero-order valence-corrected chi connectivity index (χ0v) is 42.5. The Hall–Kier alpha value is -7.65. The Morgan fingerprint density at radius 2 is 1.15 bits per heavy atom. The van der Waals surface area contributed by atoms with Crippen molar-refractivity contribution < 1.29 is 47.6 Å². The van der Waals surface area contributed by atoms with Crippen molar-refractivity contribution in [2.75, 3.05) is 33.0 Å². The molecule has 0 spiro atoms. The minimum absolute atomic E-state index is 0.107. The first-order valence-corrected chi connectivity index (χ1v) is 26.0. The summed E-state index contributed by atoms with van der Waals surface area (Å²) in [5, 5.41) is 4.77. The second kappa shape index (κ2) is 28.6. The van der Waals surface area contributed by atoms with Crippen LogP contribution in [0.2, 0.25) is 0 Å². The van der Waals surface area contributed by atoms with Gasteiger partial charge in [0, 0.05) is 29.9 Å². The highest BCUT2D eigenvalue weighted by Crippen LogP contribution is 2.43. The van der Waals surface area contributed by atoms with Crippen LogP contribution in [0.3, 0.4) is 0 Å². The summed E-state index contributed by atoms with van der Waals surface area (Å²) in [5.41, 5.74) is 13.6. The molecule has 0 atom stereocenters. The Morgan fingerprint density at radius 1 is 0.608 bits per heavy atom. The smallest absolute Gasteiger partial charge is 0.384 e. The molecule has 74 heavy (non-hydrogen) atoms. The van der Waals surface area contributed by atoms with Crippen molar-refractivity contribution in [3.05, 3.63) is 166 Å². The largest absolute Gasteiger partial charge is 0.494 e. The van der Waals surface area contributed by atoms with E-state index in [4.69, 9.17) is 39.9 Å². The van der Waals surface area contributed by atoms with Gasteiger partial charge in [-0.1, -0.05) is 97.6 Å². The summed E-state index contributed by atoms with van der Waals surface area (Å²) >= 11 is 0. The lowest BCUT2D eigenvalue weighted by molar-refractivity contribution is -0.155. The third-order valence-electron chi connectivity index (χ3n) is 13.4. The van der Waals surface area contributed by atoms with E-state index in [1.54, 1.807) is 13.1 Å². The van der Waals surface area contributed by atoms with E-state index in [-0.39, 0.29) is 42.4 Å². The van der Waals surface area contributed by atoms with Gasteiger partial charge in [0.1, 0.15) is 18.1 Å². The number of carbonyl (C=O) groups is 4. The van der Waals surface area contributed by atoms with Crippen LogP contribution in [-0.2, 0) is 64.0 Å². The van der Waals surface area contributed by atoms with E-state index < -0.39 is 5.97 Å². The van der Waals surface area contributed by atoms with Crippen molar-refractivity contribution in [3.8, 4) is 35.0 Å². The molecule has 0 bridgehead atoms. The highest BCUT2D eigenvalue weighted by atomic mass is 16.5. The number of hydrogen-bond donors (Lipinski definition) is 1. The van der Waals surface area contributed by atoms with Gasteiger partial charge in [-0.25, -0.2) is 9.59 Å². The molecule has 1 saturated carbocycles. The molecule has 0 unspecified atom stereocenters. The van der Waals surface area contributed by atoms with Gasteiger partial charge in [-0.05, 0) is 146 Å². The molecular weight excluding hydrogens is 933 g/mol. The van der Waals surface area contributed by atoms with E-state index in [9.17, 15) is 19.2 Å². The number of hydrazone groups is 1. The number of nitrogens with zero attached hydrogens (tertiary/aromatic N) is 1. The van der Waals surface area contributed by atoms with Crippen molar-refractivity contribution >= 4 is 30.1 Å². The molecule has 1 fully saturated rings. The number of rotatable bonds is 28. The summed E-state index contributed by atoms with van der Waals surface area (Å²) in [7, 11) is 0. The van der Waals surface area contributed by atoms with Crippen LogP contribution in [0.15, 0.2) is 133 Å². The quantitative estimate of drug-likeness (QED) is 0.00746. The van der Waals surface area contributed by atoms with E-state index in [2.05, 4.69) is 60.5 Å². The van der Waals surface area contributed by atoms with Gasteiger partial charge in [-0.15, -0.1) is 6.42 Å². The maximum atomic E-state index is 13.3. The average molecular weight is 1000 g/mol. The molecule has 1 N–H and O–H groups in total. The third-order valence-corrected chi connectivity index (χ3v) is 13.4. The first-order chi connectivity index (χ1) is 36.1. The molecule has 0 amide bonds. The second-order valence-electron chi connectivity index (χ2n) is 18.9. The minimum atomic E-state index is -0.632. The number of carbonyl (C=O) groups excluding carboxylic acids is 4. The second-order valence-corrected chi connectivity index (χ2v) is 18.9. The number of terminal acetylenes is 1. The number of esters is 4. The Kier molecular flexibility index (Phi) is 20.9. The van der Waals surface area contributed by atoms with Crippen LogP contribution in [0, 0.1) is 24.2 Å². The molecule has 0 aliphatic heterocycles. The molecule has 0 aromatic heterocycles. The summed E-state index contributed by atoms with van der Waals surface area (Å²) in [4.78, 5) is 48.8. The number of fused-ring (bicyclic) bond motifs is 3. The predicted octanol–water partition coefficient (Wildman–Crippen LogP) is 11.2. The number of ether oxygens (including phenoxy) is 6. The molecule has 7 rings (SSSR count). The van der Waals surface area contributed by atoms with Gasteiger partial charge in [0.25, 0.3) is 0 Å². The number of benzene rings is 5. The number of aryl methyl sites for hydroxylation is 1. The van der Waals surface area contributed by atoms with E-state index in [0.29, 0.717) is 82.9 Å². The Morgan fingerprint density at radius 3 is 1.77 bits per heavy atom. The zero-order chi connectivity index (χ0) is 51.9. The van der Waals surface area contributed by atoms with Gasteiger partial charge in [0.15, 0.2) is 0 Å². The number of nitrogens with one attached hydrogen (secondary N) is 1. The van der Waals surface area contributed by atoms with Crippen LogP contribution in [-0.4, -0.2) is 63.1 Å². The molecule has 12 heteroatoms.